The fraction of sp³-hybridized carbons (Fsp3) is 0.231. The van der Waals surface area contributed by atoms with E-state index in [-0.39, 0.29) is 23.0 Å². The van der Waals surface area contributed by atoms with E-state index < -0.39 is 10.0 Å². The van der Waals surface area contributed by atoms with E-state index in [0.29, 0.717) is 16.3 Å². The number of hydrogen-bond donors (Lipinski definition) is 1. The summed E-state index contributed by atoms with van der Waals surface area (Å²) in [7, 11) is -2.32. The van der Waals surface area contributed by atoms with E-state index in [2.05, 4.69) is 0 Å². The van der Waals surface area contributed by atoms with Gasteiger partial charge in [-0.15, -0.1) is 0 Å². The molecule has 1 aromatic heterocycles. The molecule has 1 aromatic carbocycles. The van der Waals surface area contributed by atoms with Crippen LogP contribution in [-0.2, 0) is 23.1 Å². The van der Waals surface area contributed by atoms with Gasteiger partial charge in [0.15, 0.2) is 0 Å². The second-order valence-electron chi connectivity index (χ2n) is 4.42. The van der Waals surface area contributed by atoms with Gasteiger partial charge in [-0.1, -0.05) is 23.2 Å². The highest BCUT2D eigenvalue weighted by Gasteiger charge is 2.25. The molecule has 0 fully saturated rings. The molecule has 0 saturated heterocycles. The van der Waals surface area contributed by atoms with Crippen molar-refractivity contribution >= 4 is 33.2 Å². The zero-order valence-corrected chi connectivity index (χ0v) is 13.5. The summed E-state index contributed by atoms with van der Waals surface area (Å²) in [5.41, 5.74) is 6.07. The van der Waals surface area contributed by atoms with Crippen LogP contribution in [0.2, 0.25) is 10.0 Å². The van der Waals surface area contributed by atoms with Gasteiger partial charge in [0.25, 0.3) is 0 Å². The van der Waals surface area contributed by atoms with Gasteiger partial charge in [0.05, 0.1) is 17.8 Å². The summed E-state index contributed by atoms with van der Waals surface area (Å²) >= 11 is 12.0. The number of rotatable bonds is 5. The van der Waals surface area contributed by atoms with Crippen molar-refractivity contribution in [1.82, 2.24) is 4.31 Å². The molecule has 0 saturated carbocycles. The minimum Gasteiger partial charge on any atom is -0.468 e. The molecule has 2 N–H and O–H groups in total. The van der Waals surface area contributed by atoms with E-state index >= 15 is 0 Å². The zero-order chi connectivity index (χ0) is 15.6. The molecule has 1 heterocycles. The number of benzene rings is 1. The molecule has 2 rings (SSSR count). The van der Waals surface area contributed by atoms with Gasteiger partial charge in [-0.05, 0) is 29.8 Å². The highest BCUT2D eigenvalue weighted by Crippen LogP contribution is 2.30. The third-order valence-electron chi connectivity index (χ3n) is 2.97. The van der Waals surface area contributed by atoms with Crippen molar-refractivity contribution < 1.29 is 12.8 Å². The van der Waals surface area contributed by atoms with Crippen LogP contribution in [0.1, 0.15) is 11.3 Å². The number of sulfonamides is 1. The number of nitrogens with zero attached hydrogens (tertiary/aromatic N) is 1. The van der Waals surface area contributed by atoms with Crippen molar-refractivity contribution in [2.75, 3.05) is 7.05 Å². The SMILES string of the molecule is CN(Cc1ccco1)S(=O)(=O)c1cc(CN)c(Cl)cc1Cl. The van der Waals surface area contributed by atoms with E-state index in [9.17, 15) is 8.42 Å². The Bertz CT molecular complexity index is 730. The molecule has 0 amide bonds. The minimum atomic E-state index is -3.77. The fourth-order valence-electron chi connectivity index (χ4n) is 1.80. The lowest BCUT2D eigenvalue weighted by molar-refractivity contribution is 0.406. The van der Waals surface area contributed by atoms with Crippen LogP contribution in [0.25, 0.3) is 0 Å². The first kappa shape index (κ1) is 16.3. The van der Waals surface area contributed by atoms with Gasteiger partial charge in [-0.3, -0.25) is 0 Å². The molecule has 0 aliphatic rings. The highest BCUT2D eigenvalue weighted by atomic mass is 35.5. The van der Waals surface area contributed by atoms with Crippen LogP contribution in [0, 0.1) is 0 Å². The predicted molar refractivity (Wildman–Crippen MR) is 81.7 cm³/mol. The standard InChI is InChI=1S/C13H14Cl2N2O3S/c1-17(8-10-3-2-4-20-10)21(18,19)13-5-9(7-16)11(14)6-12(13)15/h2-6H,7-8,16H2,1H3. The maximum atomic E-state index is 12.6. The molecule has 0 radical (unpaired) electrons. The Balaban J connectivity index is 2.39. The van der Waals surface area contributed by atoms with E-state index in [1.807, 2.05) is 0 Å². The molecule has 2 aromatic rings. The Hall–Kier alpha value is -1.05. The van der Waals surface area contributed by atoms with Gasteiger partial charge in [0.2, 0.25) is 10.0 Å². The molecular weight excluding hydrogens is 335 g/mol. The molecule has 114 valence electrons. The number of hydrogen-bond acceptors (Lipinski definition) is 4. The van der Waals surface area contributed by atoms with Crippen molar-refractivity contribution in [2.45, 2.75) is 18.0 Å². The molecule has 0 aliphatic heterocycles. The first-order valence-corrected chi connectivity index (χ1v) is 8.22. The number of furan rings is 1. The smallest absolute Gasteiger partial charge is 0.244 e. The van der Waals surface area contributed by atoms with Crippen LogP contribution in [0.5, 0.6) is 0 Å². The quantitative estimate of drug-likeness (QED) is 0.901. The average Bonchev–Trinajstić information content (AvgIpc) is 2.91. The Morgan fingerprint density at radius 2 is 2.00 bits per heavy atom. The van der Waals surface area contributed by atoms with Crippen LogP contribution in [0.3, 0.4) is 0 Å². The van der Waals surface area contributed by atoms with Crippen molar-refractivity contribution in [1.29, 1.82) is 0 Å². The van der Waals surface area contributed by atoms with E-state index in [4.69, 9.17) is 33.4 Å². The van der Waals surface area contributed by atoms with Crippen LogP contribution in [0.15, 0.2) is 39.8 Å². The van der Waals surface area contributed by atoms with Gasteiger partial charge >= 0.3 is 0 Å². The van der Waals surface area contributed by atoms with Crippen molar-refractivity contribution in [3.8, 4) is 0 Å². The monoisotopic (exact) mass is 348 g/mol. The molecule has 5 nitrogen and oxygen atoms in total. The number of halogens is 2. The third-order valence-corrected chi connectivity index (χ3v) is 5.59. The molecule has 0 spiro atoms. The van der Waals surface area contributed by atoms with E-state index in [1.165, 1.54) is 25.4 Å². The molecule has 8 heteroatoms. The van der Waals surface area contributed by atoms with Gasteiger partial charge in [-0.2, -0.15) is 4.31 Å². The maximum Gasteiger partial charge on any atom is 0.244 e. The summed E-state index contributed by atoms with van der Waals surface area (Å²) in [6, 6.07) is 6.18. The lowest BCUT2D eigenvalue weighted by Gasteiger charge is -2.18. The van der Waals surface area contributed by atoms with Gasteiger partial charge in [-0.25, -0.2) is 8.42 Å². The molecule has 21 heavy (non-hydrogen) atoms. The average molecular weight is 349 g/mol. The van der Waals surface area contributed by atoms with Crippen LogP contribution < -0.4 is 5.73 Å². The Labute approximate surface area is 133 Å². The van der Waals surface area contributed by atoms with Crippen molar-refractivity contribution in [3.63, 3.8) is 0 Å². The zero-order valence-electron chi connectivity index (χ0n) is 11.2. The molecular formula is C13H14Cl2N2O3S. The van der Waals surface area contributed by atoms with E-state index in [0.717, 1.165) is 4.31 Å². The van der Waals surface area contributed by atoms with Crippen LogP contribution in [-0.4, -0.2) is 19.8 Å². The van der Waals surface area contributed by atoms with E-state index in [1.54, 1.807) is 12.1 Å². The normalized spacial score (nSPS) is 12.0. The van der Waals surface area contributed by atoms with Crippen LogP contribution in [0.4, 0.5) is 0 Å². The first-order chi connectivity index (χ1) is 9.86. The first-order valence-electron chi connectivity index (χ1n) is 6.03. The maximum absolute atomic E-state index is 12.6. The van der Waals surface area contributed by atoms with Gasteiger partial charge < -0.3 is 10.2 Å². The molecule has 0 bridgehead atoms. The second kappa shape index (κ2) is 6.37. The predicted octanol–water partition coefficient (Wildman–Crippen LogP) is 2.87. The summed E-state index contributed by atoms with van der Waals surface area (Å²) < 4.78 is 31.5. The topological polar surface area (TPSA) is 76.5 Å². The second-order valence-corrected chi connectivity index (χ2v) is 7.25. The summed E-state index contributed by atoms with van der Waals surface area (Å²) in [6.07, 6.45) is 1.48. The fourth-order valence-corrected chi connectivity index (χ4v) is 3.78. The highest BCUT2D eigenvalue weighted by molar-refractivity contribution is 7.89. The van der Waals surface area contributed by atoms with Gasteiger partial charge in [0, 0.05) is 18.6 Å². The third kappa shape index (κ3) is 3.41. The molecule has 0 unspecified atom stereocenters. The Kier molecular flexibility index (Phi) is 4.95. The lowest BCUT2D eigenvalue weighted by Crippen LogP contribution is -2.26. The van der Waals surface area contributed by atoms with Crippen molar-refractivity contribution in [2.24, 2.45) is 5.73 Å². The Morgan fingerprint density at radius 3 is 2.57 bits per heavy atom. The summed E-state index contributed by atoms with van der Waals surface area (Å²) in [5, 5.41) is 0.402. The Morgan fingerprint density at radius 1 is 1.29 bits per heavy atom. The largest absolute Gasteiger partial charge is 0.468 e. The lowest BCUT2D eigenvalue weighted by atomic mass is 10.2. The van der Waals surface area contributed by atoms with Crippen LogP contribution >= 0.6 is 23.2 Å². The summed E-state index contributed by atoms with van der Waals surface area (Å²) in [4.78, 5) is -0.0249. The van der Waals surface area contributed by atoms with Gasteiger partial charge in [0.1, 0.15) is 10.7 Å². The summed E-state index contributed by atoms with van der Waals surface area (Å²) in [6.45, 7) is 0.229. The molecule has 0 aliphatic carbocycles. The molecule has 0 atom stereocenters. The summed E-state index contributed by atoms with van der Waals surface area (Å²) in [5.74, 6) is 0.533. The number of nitrogens with two attached hydrogens (primary N) is 1. The minimum absolute atomic E-state index is 0.0249. The van der Waals surface area contributed by atoms with Crippen molar-refractivity contribution in [3.05, 3.63) is 51.9 Å².